The lowest BCUT2D eigenvalue weighted by atomic mass is 10.1. The fourth-order valence-corrected chi connectivity index (χ4v) is 3.42. The number of imidazole rings is 1. The minimum absolute atomic E-state index is 0.153. The molecule has 0 aliphatic heterocycles. The molecule has 4 aromatic rings. The zero-order valence-corrected chi connectivity index (χ0v) is 16.8. The number of rotatable bonds is 6. The van der Waals surface area contributed by atoms with E-state index in [0.717, 1.165) is 16.5 Å². The number of halogens is 1. The summed E-state index contributed by atoms with van der Waals surface area (Å²) in [6.45, 7) is 0.234. The van der Waals surface area contributed by atoms with Gasteiger partial charge in [0.05, 0.1) is 17.0 Å². The highest BCUT2D eigenvalue weighted by molar-refractivity contribution is 6.32. The van der Waals surface area contributed by atoms with Crippen LogP contribution < -0.4 is 10.6 Å². The quantitative estimate of drug-likeness (QED) is 0.486. The predicted molar refractivity (Wildman–Crippen MR) is 118 cm³/mol. The van der Waals surface area contributed by atoms with Gasteiger partial charge < -0.3 is 15.2 Å². The minimum atomic E-state index is -0.208. The Bertz CT molecular complexity index is 1210. The molecule has 4 rings (SSSR count). The van der Waals surface area contributed by atoms with Crippen LogP contribution in [0.25, 0.3) is 16.5 Å². The van der Waals surface area contributed by atoms with Crippen molar-refractivity contribution in [3.63, 3.8) is 0 Å². The first-order chi connectivity index (χ1) is 14.6. The smallest absolute Gasteiger partial charge is 0.251 e. The molecule has 0 aliphatic rings. The minimum Gasteiger partial charge on any atom is -0.352 e. The molecule has 0 unspecified atom stereocenters. The summed E-state index contributed by atoms with van der Waals surface area (Å²) in [6.07, 6.45) is 5.26. The van der Waals surface area contributed by atoms with Crippen LogP contribution in [0.5, 0.6) is 0 Å². The third-order valence-corrected chi connectivity index (χ3v) is 4.97. The van der Waals surface area contributed by atoms with Crippen LogP contribution in [0.15, 0.2) is 79.4 Å². The Kier molecular flexibility index (Phi) is 5.77. The van der Waals surface area contributed by atoms with Gasteiger partial charge in [-0.15, -0.1) is 0 Å². The average Bonchev–Trinajstić information content (AvgIpc) is 3.28. The van der Waals surface area contributed by atoms with Crippen molar-refractivity contribution in [2.24, 2.45) is 0 Å². The summed E-state index contributed by atoms with van der Waals surface area (Å²) in [6, 6.07) is 18.6. The molecule has 0 radical (unpaired) electrons. The molecule has 0 fully saturated rings. The summed E-state index contributed by atoms with van der Waals surface area (Å²) >= 11 is 6.30. The molecule has 0 spiro atoms. The summed E-state index contributed by atoms with van der Waals surface area (Å²) in [5.41, 5.74) is 1.93. The van der Waals surface area contributed by atoms with E-state index in [2.05, 4.69) is 15.6 Å². The number of fused-ring (bicyclic) bond motifs is 1. The molecule has 2 amide bonds. The van der Waals surface area contributed by atoms with Crippen molar-refractivity contribution >= 4 is 39.9 Å². The maximum atomic E-state index is 12.4. The van der Waals surface area contributed by atoms with Crippen molar-refractivity contribution in [1.29, 1.82) is 0 Å². The maximum absolute atomic E-state index is 12.4. The Morgan fingerprint density at radius 2 is 1.83 bits per heavy atom. The van der Waals surface area contributed by atoms with E-state index in [0.29, 0.717) is 16.3 Å². The van der Waals surface area contributed by atoms with Gasteiger partial charge in [0.15, 0.2) is 0 Å². The fraction of sp³-hybridized carbons (Fsp3) is 0.0870. The van der Waals surface area contributed by atoms with E-state index in [9.17, 15) is 9.59 Å². The molecule has 0 saturated carbocycles. The second kappa shape index (κ2) is 8.80. The van der Waals surface area contributed by atoms with Crippen LogP contribution in [0.2, 0.25) is 5.02 Å². The number of carbonyl (C=O) groups excluding carboxylic acids is 2. The molecule has 1 heterocycles. The summed E-state index contributed by atoms with van der Waals surface area (Å²) in [4.78, 5) is 28.6. The molecule has 3 aromatic carbocycles. The highest BCUT2D eigenvalue weighted by Gasteiger charge is 2.09. The lowest BCUT2D eigenvalue weighted by Gasteiger charge is -2.10. The first-order valence-corrected chi connectivity index (χ1v) is 9.83. The van der Waals surface area contributed by atoms with Crippen LogP contribution in [0.1, 0.15) is 16.8 Å². The number of aromatic nitrogens is 2. The van der Waals surface area contributed by atoms with E-state index in [4.69, 9.17) is 11.6 Å². The molecule has 0 bridgehead atoms. The van der Waals surface area contributed by atoms with Crippen LogP contribution in [-0.4, -0.2) is 27.9 Å². The van der Waals surface area contributed by atoms with Crippen LogP contribution in [0, 0.1) is 0 Å². The monoisotopic (exact) mass is 418 g/mol. The molecule has 7 heteroatoms. The number of nitrogens with zero attached hydrogens (tertiary/aromatic N) is 2. The molecular weight excluding hydrogens is 400 g/mol. The van der Waals surface area contributed by atoms with Gasteiger partial charge in [0.1, 0.15) is 0 Å². The van der Waals surface area contributed by atoms with Gasteiger partial charge in [0.25, 0.3) is 5.91 Å². The van der Waals surface area contributed by atoms with Crippen molar-refractivity contribution < 1.29 is 9.59 Å². The third kappa shape index (κ3) is 4.50. The van der Waals surface area contributed by atoms with Crippen molar-refractivity contribution in [3.8, 4) is 5.69 Å². The van der Waals surface area contributed by atoms with E-state index in [1.807, 2.05) is 36.4 Å². The molecular formula is C23H19ClN4O2. The Hall–Kier alpha value is -3.64. The number of hydrogen-bond acceptors (Lipinski definition) is 3. The lowest BCUT2D eigenvalue weighted by molar-refractivity contribution is -0.116. The van der Waals surface area contributed by atoms with E-state index in [1.165, 1.54) is 0 Å². The molecule has 1 aromatic heterocycles. The summed E-state index contributed by atoms with van der Waals surface area (Å²) in [7, 11) is 0. The Morgan fingerprint density at radius 3 is 2.60 bits per heavy atom. The van der Waals surface area contributed by atoms with Crippen molar-refractivity contribution in [1.82, 2.24) is 14.9 Å². The SMILES string of the molecule is O=C(CCNC(=O)c1ccc2ccccc2c1)Nc1ccc(-n2ccnc2)c(Cl)c1. The van der Waals surface area contributed by atoms with Gasteiger partial charge in [-0.25, -0.2) is 4.98 Å². The number of hydrogen-bond donors (Lipinski definition) is 2. The van der Waals surface area contributed by atoms with Gasteiger partial charge >= 0.3 is 0 Å². The lowest BCUT2D eigenvalue weighted by Crippen LogP contribution is -2.27. The van der Waals surface area contributed by atoms with Gasteiger partial charge in [-0.3, -0.25) is 9.59 Å². The standard InChI is InChI=1S/C23H19ClN4O2/c24-20-14-19(7-8-21(20)28-12-11-25-15-28)27-22(29)9-10-26-23(30)18-6-5-16-3-1-2-4-17(16)13-18/h1-8,11-15H,9-10H2,(H,26,30)(H,27,29). The van der Waals surface area contributed by atoms with Gasteiger partial charge in [-0.05, 0) is 41.1 Å². The molecule has 6 nitrogen and oxygen atoms in total. The number of benzene rings is 3. The third-order valence-electron chi connectivity index (χ3n) is 4.66. The molecule has 0 saturated heterocycles. The number of carbonyl (C=O) groups is 2. The van der Waals surface area contributed by atoms with Crippen LogP contribution >= 0.6 is 11.6 Å². The average molecular weight is 419 g/mol. The summed E-state index contributed by atoms with van der Waals surface area (Å²) in [5.74, 6) is -0.415. The highest BCUT2D eigenvalue weighted by Crippen LogP contribution is 2.24. The topological polar surface area (TPSA) is 76.0 Å². The largest absolute Gasteiger partial charge is 0.352 e. The maximum Gasteiger partial charge on any atom is 0.251 e. The molecule has 150 valence electrons. The summed E-state index contributed by atoms with van der Waals surface area (Å²) in [5, 5.41) is 8.15. The van der Waals surface area contributed by atoms with Crippen LogP contribution in [0.4, 0.5) is 5.69 Å². The zero-order chi connectivity index (χ0) is 20.9. The Balaban J connectivity index is 1.30. The Morgan fingerprint density at radius 1 is 1.00 bits per heavy atom. The Labute approximate surface area is 178 Å². The normalized spacial score (nSPS) is 10.7. The number of amides is 2. The number of anilines is 1. The van der Waals surface area contributed by atoms with Crippen LogP contribution in [-0.2, 0) is 4.79 Å². The zero-order valence-electron chi connectivity index (χ0n) is 16.0. The van der Waals surface area contributed by atoms with Crippen molar-refractivity contribution in [3.05, 3.63) is 90.0 Å². The molecule has 30 heavy (non-hydrogen) atoms. The first kappa shape index (κ1) is 19.7. The van der Waals surface area contributed by atoms with E-state index < -0.39 is 0 Å². The van der Waals surface area contributed by atoms with Crippen LogP contribution in [0.3, 0.4) is 0 Å². The number of nitrogens with one attached hydrogen (secondary N) is 2. The van der Waals surface area contributed by atoms with E-state index in [-0.39, 0.29) is 24.8 Å². The van der Waals surface area contributed by atoms with E-state index in [1.54, 1.807) is 47.6 Å². The van der Waals surface area contributed by atoms with E-state index >= 15 is 0 Å². The second-order valence-electron chi connectivity index (χ2n) is 6.75. The highest BCUT2D eigenvalue weighted by atomic mass is 35.5. The van der Waals surface area contributed by atoms with Gasteiger partial charge in [-0.1, -0.05) is 41.9 Å². The summed E-state index contributed by atoms with van der Waals surface area (Å²) < 4.78 is 1.79. The molecule has 0 atom stereocenters. The fourth-order valence-electron chi connectivity index (χ4n) is 3.14. The second-order valence-corrected chi connectivity index (χ2v) is 7.16. The molecule has 0 aliphatic carbocycles. The van der Waals surface area contributed by atoms with Gasteiger partial charge in [0, 0.05) is 36.6 Å². The first-order valence-electron chi connectivity index (χ1n) is 9.45. The van der Waals surface area contributed by atoms with Gasteiger partial charge in [0.2, 0.25) is 5.91 Å². The van der Waals surface area contributed by atoms with Crippen molar-refractivity contribution in [2.45, 2.75) is 6.42 Å². The predicted octanol–water partition coefficient (Wildman–Crippen LogP) is 4.44. The van der Waals surface area contributed by atoms with Crippen molar-refractivity contribution in [2.75, 3.05) is 11.9 Å². The molecule has 2 N–H and O–H groups in total. The van der Waals surface area contributed by atoms with Gasteiger partial charge in [-0.2, -0.15) is 0 Å².